The number of fused-ring (bicyclic) bond motifs is 1. The molecule has 0 spiro atoms. The van der Waals surface area contributed by atoms with E-state index in [-0.39, 0.29) is 18.2 Å². The molecule has 42 heavy (non-hydrogen) atoms. The number of aromatic amines is 1. The predicted octanol–water partition coefficient (Wildman–Crippen LogP) is 4.17. The molecule has 1 aliphatic rings. The Morgan fingerprint density at radius 3 is 2.52 bits per heavy atom. The number of aliphatic hydroxyl groups excluding tert-OH is 1. The zero-order valence-electron chi connectivity index (χ0n) is 24.0. The minimum Gasteiger partial charge on any atom is -0.381 e. The molecule has 2 heterocycles. The fourth-order valence-corrected chi connectivity index (χ4v) is 6.62. The van der Waals surface area contributed by atoms with Crippen molar-refractivity contribution in [3.63, 3.8) is 0 Å². The number of aliphatic hydroxyl groups is 1. The second-order valence-electron chi connectivity index (χ2n) is 11.2. The summed E-state index contributed by atoms with van der Waals surface area (Å²) in [5.41, 5.74) is 4.18. The number of nitrogens with one attached hydrogen (secondary N) is 3. The maximum absolute atomic E-state index is 13.9. The Kier molecular flexibility index (Phi) is 8.70. The molecule has 1 aliphatic heterocycles. The van der Waals surface area contributed by atoms with Crippen molar-refractivity contribution < 1.29 is 19.5 Å². The van der Waals surface area contributed by atoms with Crippen LogP contribution < -0.4 is 10.6 Å². The van der Waals surface area contributed by atoms with Gasteiger partial charge in [0.1, 0.15) is 6.04 Å². The maximum atomic E-state index is 13.9. The standard InChI is InChI=1S/C33H36N4O4S/c1-21-10-7-8-13-23(21)19-35-31(40)29-33(2,3)42-20-37(29)32(41)28(38)27(18-22-11-5-4-6-12-22)36-30(39)25-14-9-15-26-24(25)16-17-34-26/h4-17,27-29,34,38H,18-20H2,1-3H3,(H,35,40)(H,36,39)/t27-,28-,29+/m0/s1. The first-order valence-corrected chi connectivity index (χ1v) is 15.0. The van der Waals surface area contributed by atoms with Crippen molar-refractivity contribution in [2.45, 2.75) is 56.7 Å². The van der Waals surface area contributed by atoms with Crippen molar-refractivity contribution in [1.29, 1.82) is 0 Å². The molecule has 1 aromatic heterocycles. The van der Waals surface area contributed by atoms with E-state index in [1.807, 2.05) is 87.5 Å². The SMILES string of the molecule is Cc1ccccc1CNC(=O)[C@H]1N(C(=O)[C@@H](O)[C@H](Cc2ccccc2)NC(=O)c2cccc3[nH]ccc23)CSC1(C)C. The van der Waals surface area contributed by atoms with E-state index in [1.165, 1.54) is 16.7 Å². The Morgan fingerprint density at radius 1 is 1.02 bits per heavy atom. The number of carbonyl (C=O) groups is 3. The summed E-state index contributed by atoms with van der Waals surface area (Å²) in [6.45, 7) is 6.18. The van der Waals surface area contributed by atoms with E-state index in [0.29, 0.717) is 12.1 Å². The third-order valence-corrected chi connectivity index (χ3v) is 9.25. The topological polar surface area (TPSA) is 115 Å². The van der Waals surface area contributed by atoms with Crippen LogP contribution in [0.1, 0.15) is 40.9 Å². The van der Waals surface area contributed by atoms with Crippen LogP contribution in [-0.4, -0.2) is 61.5 Å². The molecule has 0 bridgehead atoms. The molecule has 9 heteroatoms. The van der Waals surface area contributed by atoms with Gasteiger partial charge in [-0.25, -0.2) is 0 Å². The van der Waals surface area contributed by atoms with E-state index < -0.39 is 34.7 Å². The molecular weight excluding hydrogens is 548 g/mol. The third kappa shape index (κ3) is 6.22. The molecule has 0 unspecified atom stereocenters. The minimum absolute atomic E-state index is 0.233. The number of benzene rings is 3. The first kappa shape index (κ1) is 29.4. The summed E-state index contributed by atoms with van der Waals surface area (Å²) in [4.78, 5) is 45.5. The number of aromatic nitrogens is 1. The zero-order chi connectivity index (χ0) is 29.9. The van der Waals surface area contributed by atoms with Crippen molar-refractivity contribution in [2.24, 2.45) is 0 Å². The lowest BCUT2D eigenvalue weighted by Gasteiger charge is -2.33. The van der Waals surface area contributed by atoms with Gasteiger partial charge in [0.05, 0.1) is 11.9 Å². The van der Waals surface area contributed by atoms with Gasteiger partial charge in [0.2, 0.25) is 5.91 Å². The van der Waals surface area contributed by atoms with Crippen LogP contribution in [-0.2, 0) is 22.6 Å². The Bertz CT molecular complexity index is 1590. The van der Waals surface area contributed by atoms with E-state index in [0.717, 1.165) is 27.6 Å². The quantitative estimate of drug-likeness (QED) is 0.236. The normalized spacial score (nSPS) is 17.5. The average molecular weight is 585 g/mol. The van der Waals surface area contributed by atoms with Crippen molar-refractivity contribution in [3.8, 4) is 0 Å². The van der Waals surface area contributed by atoms with E-state index in [1.54, 1.807) is 18.3 Å². The summed E-state index contributed by atoms with van der Waals surface area (Å²) in [5, 5.41) is 18.2. The van der Waals surface area contributed by atoms with Crippen LogP contribution in [0.25, 0.3) is 10.9 Å². The predicted molar refractivity (Wildman–Crippen MR) is 166 cm³/mol. The molecule has 0 saturated carbocycles. The van der Waals surface area contributed by atoms with Crippen LogP contribution in [0.15, 0.2) is 85.1 Å². The van der Waals surface area contributed by atoms with Crippen LogP contribution in [0.4, 0.5) is 0 Å². The van der Waals surface area contributed by atoms with Crippen molar-refractivity contribution in [2.75, 3.05) is 5.88 Å². The third-order valence-electron chi connectivity index (χ3n) is 7.88. The first-order valence-electron chi connectivity index (χ1n) is 14.0. The van der Waals surface area contributed by atoms with Gasteiger partial charge in [-0.15, -0.1) is 11.8 Å². The summed E-state index contributed by atoms with van der Waals surface area (Å²) in [7, 11) is 0. The average Bonchev–Trinajstić information content (AvgIpc) is 3.59. The molecule has 218 valence electrons. The smallest absolute Gasteiger partial charge is 0.254 e. The molecule has 4 N–H and O–H groups in total. The number of thioether (sulfide) groups is 1. The summed E-state index contributed by atoms with van der Waals surface area (Å²) < 4.78 is -0.576. The lowest BCUT2D eigenvalue weighted by molar-refractivity contribution is -0.147. The fourth-order valence-electron chi connectivity index (χ4n) is 5.48. The highest BCUT2D eigenvalue weighted by Gasteiger charge is 2.49. The zero-order valence-corrected chi connectivity index (χ0v) is 24.8. The second kappa shape index (κ2) is 12.4. The van der Waals surface area contributed by atoms with Gasteiger partial charge < -0.3 is 25.6 Å². The van der Waals surface area contributed by atoms with E-state index in [2.05, 4.69) is 15.6 Å². The van der Waals surface area contributed by atoms with Gasteiger partial charge in [0.15, 0.2) is 6.10 Å². The number of hydrogen-bond acceptors (Lipinski definition) is 5. The van der Waals surface area contributed by atoms with Crippen LogP contribution in [0.2, 0.25) is 0 Å². The summed E-state index contributed by atoms with van der Waals surface area (Å²) in [6, 6.07) is 22.7. The molecule has 0 aliphatic carbocycles. The van der Waals surface area contributed by atoms with Crippen LogP contribution in [0.5, 0.6) is 0 Å². The fraction of sp³-hybridized carbons (Fsp3) is 0.303. The summed E-state index contributed by atoms with van der Waals surface area (Å²) in [6.07, 6.45) is 0.427. The molecule has 5 rings (SSSR count). The van der Waals surface area contributed by atoms with Gasteiger partial charge in [-0.05, 0) is 62.1 Å². The van der Waals surface area contributed by atoms with Crippen molar-refractivity contribution in [1.82, 2.24) is 20.5 Å². The van der Waals surface area contributed by atoms with Crippen LogP contribution in [0.3, 0.4) is 0 Å². The van der Waals surface area contributed by atoms with Gasteiger partial charge in [0, 0.05) is 34.0 Å². The van der Waals surface area contributed by atoms with E-state index in [4.69, 9.17) is 0 Å². The number of carbonyl (C=O) groups excluding carboxylic acids is 3. The minimum atomic E-state index is -1.57. The number of rotatable bonds is 9. The maximum Gasteiger partial charge on any atom is 0.254 e. The van der Waals surface area contributed by atoms with Gasteiger partial charge in [-0.1, -0.05) is 60.7 Å². The number of aryl methyl sites for hydroxylation is 1. The molecule has 3 aromatic carbocycles. The first-order chi connectivity index (χ1) is 20.2. The highest BCUT2D eigenvalue weighted by Crippen LogP contribution is 2.40. The molecule has 3 atom stereocenters. The molecule has 4 aromatic rings. The molecule has 1 saturated heterocycles. The van der Waals surface area contributed by atoms with E-state index >= 15 is 0 Å². The number of amides is 3. The second-order valence-corrected chi connectivity index (χ2v) is 12.8. The molecular formula is C33H36N4O4S. The molecule has 8 nitrogen and oxygen atoms in total. The van der Waals surface area contributed by atoms with Gasteiger partial charge >= 0.3 is 0 Å². The number of nitrogens with zero attached hydrogens (tertiary/aromatic N) is 1. The van der Waals surface area contributed by atoms with Crippen molar-refractivity contribution >= 4 is 40.4 Å². The lowest BCUT2D eigenvalue weighted by Crippen LogP contribution is -2.58. The monoisotopic (exact) mass is 584 g/mol. The largest absolute Gasteiger partial charge is 0.381 e. The summed E-state index contributed by atoms with van der Waals surface area (Å²) in [5.74, 6) is -1.02. The molecule has 3 amide bonds. The Labute approximate surface area is 249 Å². The number of hydrogen-bond donors (Lipinski definition) is 4. The van der Waals surface area contributed by atoms with Crippen molar-refractivity contribution in [3.05, 3.63) is 107 Å². The highest BCUT2D eigenvalue weighted by molar-refractivity contribution is 8.00. The van der Waals surface area contributed by atoms with Gasteiger partial charge in [-0.3, -0.25) is 14.4 Å². The Hall–Kier alpha value is -4.08. The van der Waals surface area contributed by atoms with Crippen LogP contribution in [0, 0.1) is 6.92 Å². The van der Waals surface area contributed by atoms with Gasteiger partial charge in [0.25, 0.3) is 11.8 Å². The lowest BCUT2D eigenvalue weighted by atomic mass is 9.96. The van der Waals surface area contributed by atoms with Crippen LogP contribution >= 0.6 is 11.8 Å². The highest BCUT2D eigenvalue weighted by atomic mass is 32.2. The Balaban J connectivity index is 1.37. The van der Waals surface area contributed by atoms with E-state index in [9.17, 15) is 19.5 Å². The Morgan fingerprint density at radius 2 is 1.76 bits per heavy atom. The molecule has 0 radical (unpaired) electrons. The van der Waals surface area contributed by atoms with Gasteiger partial charge in [-0.2, -0.15) is 0 Å². The number of H-pyrrole nitrogens is 1. The molecule has 1 fully saturated rings. The summed E-state index contributed by atoms with van der Waals surface area (Å²) >= 11 is 1.49.